The molecule has 0 saturated carbocycles. The normalized spacial score (nSPS) is 12.3. The molecular formula is C16H15ClN4O. The van der Waals surface area contributed by atoms with E-state index in [0.717, 1.165) is 16.6 Å². The van der Waals surface area contributed by atoms with E-state index in [1.165, 1.54) is 0 Å². The number of nitrogens with one attached hydrogen (secondary N) is 1. The molecule has 3 rings (SSSR count). The number of para-hydroxylation sites is 1. The molecule has 0 saturated heterocycles. The highest BCUT2D eigenvalue weighted by Crippen LogP contribution is 2.16. The summed E-state index contributed by atoms with van der Waals surface area (Å²) in [5.41, 5.74) is 2.62. The van der Waals surface area contributed by atoms with Crippen LogP contribution in [0.15, 0.2) is 48.5 Å². The fourth-order valence-corrected chi connectivity index (χ4v) is 2.42. The van der Waals surface area contributed by atoms with E-state index in [9.17, 15) is 4.79 Å². The molecule has 0 fully saturated rings. The third-order valence-corrected chi connectivity index (χ3v) is 3.71. The highest BCUT2D eigenvalue weighted by atomic mass is 35.5. The van der Waals surface area contributed by atoms with Gasteiger partial charge in [-0.2, -0.15) is 0 Å². The maximum atomic E-state index is 12.2. The maximum absolute atomic E-state index is 12.2. The van der Waals surface area contributed by atoms with E-state index in [0.29, 0.717) is 5.02 Å². The van der Waals surface area contributed by atoms with Crippen molar-refractivity contribution in [2.45, 2.75) is 19.5 Å². The van der Waals surface area contributed by atoms with Crippen LogP contribution in [-0.2, 0) is 11.3 Å². The summed E-state index contributed by atoms with van der Waals surface area (Å²) in [5, 5.41) is 11.7. The molecule has 1 amide bonds. The van der Waals surface area contributed by atoms with Crippen LogP contribution < -0.4 is 5.32 Å². The van der Waals surface area contributed by atoms with Crippen LogP contribution in [0.1, 0.15) is 18.5 Å². The van der Waals surface area contributed by atoms with Crippen LogP contribution in [0.25, 0.3) is 11.0 Å². The van der Waals surface area contributed by atoms with E-state index < -0.39 is 0 Å². The Balaban J connectivity index is 1.68. The van der Waals surface area contributed by atoms with E-state index in [-0.39, 0.29) is 18.5 Å². The Morgan fingerprint density at radius 3 is 2.73 bits per heavy atom. The molecule has 2 aromatic carbocycles. The van der Waals surface area contributed by atoms with Crippen molar-refractivity contribution in [1.29, 1.82) is 0 Å². The van der Waals surface area contributed by atoms with Crippen molar-refractivity contribution in [2.24, 2.45) is 0 Å². The van der Waals surface area contributed by atoms with Crippen LogP contribution in [0.4, 0.5) is 0 Å². The second kappa shape index (κ2) is 6.15. The minimum Gasteiger partial charge on any atom is -0.348 e. The Labute approximate surface area is 132 Å². The average molecular weight is 315 g/mol. The average Bonchev–Trinajstić information content (AvgIpc) is 2.91. The maximum Gasteiger partial charge on any atom is 0.242 e. The van der Waals surface area contributed by atoms with E-state index in [1.54, 1.807) is 4.68 Å². The summed E-state index contributed by atoms with van der Waals surface area (Å²) in [5.74, 6) is -0.113. The van der Waals surface area contributed by atoms with Gasteiger partial charge in [0.2, 0.25) is 5.91 Å². The first kappa shape index (κ1) is 14.5. The number of benzene rings is 2. The Morgan fingerprint density at radius 2 is 1.95 bits per heavy atom. The second-order valence-electron chi connectivity index (χ2n) is 5.08. The summed E-state index contributed by atoms with van der Waals surface area (Å²) in [6, 6.07) is 14.9. The zero-order valence-electron chi connectivity index (χ0n) is 12.0. The molecule has 0 spiro atoms. The summed E-state index contributed by atoms with van der Waals surface area (Å²) in [6.45, 7) is 2.07. The van der Waals surface area contributed by atoms with Gasteiger partial charge in [-0.25, -0.2) is 4.68 Å². The van der Waals surface area contributed by atoms with E-state index >= 15 is 0 Å². The van der Waals surface area contributed by atoms with Crippen LogP contribution in [0, 0.1) is 0 Å². The zero-order valence-corrected chi connectivity index (χ0v) is 12.8. The number of rotatable bonds is 4. The van der Waals surface area contributed by atoms with Gasteiger partial charge in [-0.05, 0) is 36.8 Å². The van der Waals surface area contributed by atoms with Crippen LogP contribution in [0.2, 0.25) is 5.02 Å². The van der Waals surface area contributed by atoms with E-state index in [2.05, 4.69) is 15.6 Å². The third kappa shape index (κ3) is 3.09. The van der Waals surface area contributed by atoms with Gasteiger partial charge in [0.1, 0.15) is 12.1 Å². The molecule has 0 aliphatic rings. The largest absolute Gasteiger partial charge is 0.348 e. The van der Waals surface area contributed by atoms with Gasteiger partial charge < -0.3 is 5.32 Å². The second-order valence-corrected chi connectivity index (χ2v) is 5.51. The lowest BCUT2D eigenvalue weighted by molar-refractivity contribution is -0.122. The van der Waals surface area contributed by atoms with Gasteiger partial charge in [0.15, 0.2) is 0 Å². The Morgan fingerprint density at radius 1 is 1.23 bits per heavy atom. The lowest BCUT2D eigenvalue weighted by Gasteiger charge is -2.14. The predicted octanol–water partition coefficient (Wildman–Crippen LogP) is 2.96. The van der Waals surface area contributed by atoms with Gasteiger partial charge in [-0.3, -0.25) is 4.79 Å². The molecule has 1 aromatic heterocycles. The number of hydrogen-bond acceptors (Lipinski definition) is 3. The first-order valence-corrected chi connectivity index (χ1v) is 7.34. The first-order chi connectivity index (χ1) is 10.6. The molecule has 3 aromatic rings. The minimum absolute atomic E-state index is 0.0976. The quantitative estimate of drug-likeness (QED) is 0.805. The highest BCUT2D eigenvalue weighted by molar-refractivity contribution is 6.30. The van der Waals surface area contributed by atoms with Crippen molar-refractivity contribution in [3.05, 3.63) is 59.1 Å². The Kier molecular flexibility index (Phi) is 4.06. The fourth-order valence-electron chi connectivity index (χ4n) is 2.29. The fraction of sp³-hybridized carbons (Fsp3) is 0.188. The number of aromatic nitrogens is 3. The molecule has 0 unspecified atom stereocenters. The molecule has 1 atom stereocenters. The van der Waals surface area contributed by atoms with Gasteiger partial charge in [0.25, 0.3) is 0 Å². The molecule has 112 valence electrons. The highest BCUT2D eigenvalue weighted by Gasteiger charge is 2.12. The van der Waals surface area contributed by atoms with Gasteiger partial charge in [-0.15, -0.1) is 5.10 Å². The first-order valence-electron chi connectivity index (χ1n) is 6.96. The van der Waals surface area contributed by atoms with Crippen LogP contribution in [0.5, 0.6) is 0 Å². The molecule has 22 heavy (non-hydrogen) atoms. The van der Waals surface area contributed by atoms with Crippen molar-refractivity contribution in [2.75, 3.05) is 0 Å². The molecule has 0 radical (unpaired) electrons. The molecule has 0 aliphatic heterocycles. The monoisotopic (exact) mass is 314 g/mol. The third-order valence-electron chi connectivity index (χ3n) is 3.46. The van der Waals surface area contributed by atoms with Crippen molar-refractivity contribution in [1.82, 2.24) is 20.3 Å². The summed E-state index contributed by atoms with van der Waals surface area (Å²) < 4.78 is 1.60. The number of nitrogens with zero attached hydrogens (tertiary/aromatic N) is 3. The van der Waals surface area contributed by atoms with E-state index in [1.807, 2.05) is 55.5 Å². The number of carbonyl (C=O) groups is 1. The summed E-state index contributed by atoms with van der Waals surface area (Å²) in [7, 11) is 0. The molecular weight excluding hydrogens is 300 g/mol. The molecule has 6 heteroatoms. The number of amides is 1. The lowest BCUT2D eigenvalue weighted by atomic mass is 10.1. The number of hydrogen-bond donors (Lipinski definition) is 1. The topological polar surface area (TPSA) is 59.8 Å². The molecule has 1 heterocycles. The lowest BCUT2D eigenvalue weighted by Crippen LogP contribution is -2.30. The summed E-state index contributed by atoms with van der Waals surface area (Å²) >= 11 is 5.87. The van der Waals surface area contributed by atoms with Gasteiger partial charge in [0.05, 0.1) is 11.6 Å². The van der Waals surface area contributed by atoms with Crippen molar-refractivity contribution >= 4 is 28.5 Å². The van der Waals surface area contributed by atoms with Gasteiger partial charge >= 0.3 is 0 Å². The van der Waals surface area contributed by atoms with Crippen molar-refractivity contribution in [3.63, 3.8) is 0 Å². The summed E-state index contributed by atoms with van der Waals surface area (Å²) in [6.07, 6.45) is 0. The molecule has 1 N–H and O–H groups in total. The smallest absolute Gasteiger partial charge is 0.242 e. The van der Waals surface area contributed by atoms with Crippen molar-refractivity contribution < 1.29 is 4.79 Å². The summed E-state index contributed by atoms with van der Waals surface area (Å²) in [4.78, 5) is 12.2. The SMILES string of the molecule is C[C@@H](NC(=O)Cn1nnc2ccccc21)c1ccc(Cl)cc1. The van der Waals surface area contributed by atoms with Crippen molar-refractivity contribution in [3.8, 4) is 0 Å². The number of fused-ring (bicyclic) bond motifs is 1. The minimum atomic E-state index is -0.113. The number of carbonyl (C=O) groups excluding carboxylic acids is 1. The molecule has 0 bridgehead atoms. The Hall–Kier alpha value is -2.40. The zero-order chi connectivity index (χ0) is 15.5. The van der Waals surface area contributed by atoms with Gasteiger partial charge in [0, 0.05) is 5.02 Å². The standard InChI is InChI=1S/C16H15ClN4O/c1-11(12-6-8-13(17)9-7-12)18-16(22)10-21-15-5-3-2-4-14(15)19-20-21/h2-9,11H,10H2,1H3,(H,18,22)/t11-/m1/s1. The number of halogens is 1. The van der Waals surface area contributed by atoms with E-state index in [4.69, 9.17) is 11.6 Å². The Bertz CT molecular complexity index is 797. The molecule has 5 nitrogen and oxygen atoms in total. The molecule has 0 aliphatic carbocycles. The van der Waals surface area contributed by atoms with Crippen LogP contribution in [0.3, 0.4) is 0 Å². The predicted molar refractivity (Wildman–Crippen MR) is 85.5 cm³/mol. The van der Waals surface area contributed by atoms with Gasteiger partial charge in [-0.1, -0.05) is 41.1 Å². The van der Waals surface area contributed by atoms with Crippen LogP contribution in [-0.4, -0.2) is 20.9 Å². The van der Waals surface area contributed by atoms with Crippen LogP contribution >= 0.6 is 11.6 Å².